The lowest BCUT2D eigenvalue weighted by Gasteiger charge is -2.38. The van der Waals surface area contributed by atoms with Crippen molar-refractivity contribution >= 4 is 59.4 Å². The van der Waals surface area contributed by atoms with E-state index in [1.807, 2.05) is 0 Å². The first-order chi connectivity index (χ1) is 31.3. The summed E-state index contributed by atoms with van der Waals surface area (Å²) in [6, 6.07) is 17.8. The van der Waals surface area contributed by atoms with Crippen LogP contribution in [-0.4, -0.2) is 42.3 Å². The lowest BCUT2D eigenvalue weighted by Crippen LogP contribution is -2.43. The van der Waals surface area contributed by atoms with Gasteiger partial charge in [0.2, 0.25) is 0 Å². The Morgan fingerprint density at radius 1 is 0.379 bits per heavy atom. The fourth-order valence-electron chi connectivity index (χ4n) is 10.2. The maximum Gasteiger partial charge on any atom is 0.146 e. The van der Waals surface area contributed by atoms with Crippen molar-refractivity contribution in [1.82, 2.24) is 0 Å². The molecule has 0 radical (unpaired) electrons. The Bertz CT molecular complexity index is 2060. The van der Waals surface area contributed by atoms with E-state index in [0.717, 1.165) is 68.5 Å². The lowest BCUT2D eigenvalue weighted by molar-refractivity contribution is 0.678. The van der Waals surface area contributed by atoms with Gasteiger partial charge in [-0.1, -0.05) is 172 Å². The largest absolute Gasteiger partial charge is 0.372 e. The van der Waals surface area contributed by atoms with Crippen molar-refractivity contribution in [2.45, 2.75) is 195 Å². The number of hydrogen-bond donors (Lipinski definition) is 0. The van der Waals surface area contributed by atoms with Crippen LogP contribution in [0.25, 0.3) is 0 Å². The molecule has 2 nitrogen and oxygen atoms in total. The molecule has 0 saturated carbocycles. The van der Waals surface area contributed by atoms with Gasteiger partial charge in [-0.3, -0.25) is 0 Å². The molecule has 0 bridgehead atoms. The fraction of sp³-hybridized carbons (Fsp3) is 0.567. The Kier molecular flexibility index (Phi) is 24.1. The Balaban J connectivity index is 2.29. The summed E-state index contributed by atoms with van der Waals surface area (Å²) in [6.45, 7) is 42.0. The summed E-state index contributed by atoms with van der Waals surface area (Å²) in [5.74, 6) is 22.0. The molecule has 0 atom stereocenters. The molecule has 358 valence electrons. The van der Waals surface area contributed by atoms with Crippen molar-refractivity contribution in [2.75, 3.05) is 36.0 Å². The number of unbranched alkanes of at least 4 members (excludes halogenated alkanes) is 4. The SMILES string of the molecule is CCCCN(CCCC)c1ccc(C#Cc2cc(C#Cc3ccc(N(CCCC)CCCC)cc3C#C[Si](C(C)C)(C(C)C)C(C)C)c(Br)cc2Br)c(C#C[Si](C(C)C)(C(C)C)C(C)C)c1. The first kappa shape index (κ1) is 57.2. The number of nitrogens with zero attached hydrogens (tertiary/aromatic N) is 2. The number of halogens is 2. The van der Waals surface area contributed by atoms with Crippen molar-refractivity contribution in [3.63, 3.8) is 0 Å². The van der Waals surface area contributed by atoms with Gasteiger partial charge >= 0.3 is 0 Å². The molecule has 0 spiro atoms. The monoisotopic (exact) mass is 1050 g/mol. The van der Waals surface area contributed by atoms with Crippen LogP contribution in [0.2, 0.25) is 33.2 Å². The summed E-state index contributed by atoms with van der Waals surface area (Å²) < 4.78 is 1.86. The van der Waals surface area contributed by atoms with Crippen molar-refractivity contribution in [3.8, 4) is 46.6 Å². The van der Waals surface area contributed by atoms with E-state index in [1.165, 1.54) is 62.7 Å². The maximum atomic E-state index is 4.02. The topological polar surface area (TPSA) is 6.48 Å². The normalized spacial score (nSPS) is 11.6. The van der Waals surface area contributed by atoms with Crippen molar-refractivity contribution < 1.29 is 0 Å². The van der Waals surface area contributed by atoms with Crippen LogP contribution in [-0.2, 0) is 0 Å². The molecule has 3 rings (SSSR count). The van der Waals surface area contributed by atoms with E-state index in [9.17, 15) is 0 Å². The van der Waals surface area contributed by atoms with Crippen LogP contribution in [0.4, 0.5) is 11.4 Å². The highest BCUT2D eigenvalue weighted by molar-refractivity contribution is 9.11. The van der Waals surface area contributed by atoms with Gasteiger partial charge in [-0.05, 0) is 139 Å². The van der Waals surface area contributed by atoms with Crippen LogP contribution in [0.5, 0.6) is 0 Å². The van der Waals surface area contributed by atoms with E-state index in [1.54, 1.807) is 0 Å². The van der Waals surface area contributed by atoms with E-state index in [0.29, 0.717) is 33.2 Å². The van der Waals surface area contributed by atoms with E-state index < -0.39 is 16.1 Å². The molecule has 66 heavy (non-hydrogen) atoms. The predicted octanol–water partition coefficient (Wildman–Crippen LogP) is 18.0. The van der Waals surface area contributed by atoms with Gasteiger partial charge in [0.1, 0.15) is 16.1 Å². The van der Waals surface area contributed by atoms with Gasteiger partial charge in [-0.2, -0.15) is 0 Å². The minimum absolute atomic E-state index is 0.550. The summed E-state index contributed by atoms with van der Waals surface area (Å²) in [5, 5.41) is 0. The van der Waals surface area contributed by atoms with Crippen LogP contribution < -0.4 is 9.80 Å². The third-order valence-corrected chi connectivity index (χ3v) is 28.0. The summed E-state index contributed by atoms with van der Waals surface area (Å²) in [7, 11) is -3.96. The number of rotatable bonds is 20. The zero-order valence-electron chi connectivity index (χ0n) is 44.2. The van der Waals surface area contributed by atoms with Gasteiger partial charge in [-0.15, -0.1) is 11.1 Å². The Morgan fingerprint density at radius 2 is 0.667 bits per heavy atom. The zero-order chi connectivity index (χ0) is 49.2. The molecule has 0 amide bonds. The number of benzene rings is 3. The molecule has 0 heterocycles. The Hall–Kier alpha value is -3.11. The van der Waals surface area contributed by atoms with Gasteiger partial charge in [0.25, 0.3) is 0 Å². The van der Waals surface area contributed by atoms with E-state index in [-0.39, 0.29) is 0 Å². The predicted molar refractivity (Wildman–Crippen MR) is 307 cm³/mol. The van der Waals surface area contributed by atoms with Gasteiger partial charge in [0, 0.05) is 79.9 Å². The average molecular weight is 1050 g/mol. The number of anilines is 2. The van der Waals surface area contributed by atoms with Crippen LogP contribution in [0.1, 0.15) is 196 Å². The third kappa shape index (κ3) is 14.9. The molecular formula is C60H86Br2N2Si2. The second-order valence-corrected chi connectivity index (χ2v) is 33.3. The van der Waals surface area contributed by atoms with Crippen LogP contribution in [0, 0.1) is 46.6 Å². The first-order valence-electron chi connectivity index (χ1n) is 25.7. The molecule has 0 saturated heterocycles. The third-order valence-electron chi connectivity index (χ3n) is 14.1. The summed E-state index contributed by atoms with van der Waals surface area (Å²) in [4.78, 5) is 5.11. The Labute approximate surface area is 425 Å². The quantitative estimate of drug-likeness (QED) is 0.0822. The van der Waals surface area contributed by atoms with Gasteiger partial charge in [0.15, 0.2) is 0 Å². The number of hydrogen-bond acceptors (Lipinski definition) is 2. The highest BCUT2D eigenvalue weighted by atomic mass is 79.9. The second-order valence-electron chi connectivity index (χ2n) is 20.5. The van der Waals surface area contributed by atoms with Gasteiger partial charge in [-0.25, -0.2) is 0 Å². The Morgan fingerprint density at radius 3 is 0.939 bits per heavy atom. The fourth-order valence-corrected chi connectivity index (χ4v) is 21.9. The molecule has 0 aliphatic rings. The maximum absolute atomic E-state index is 4.02. The van der Waals surface area contributed by atoms with Crippen LogP contribution in [0.3, 0.4) is 0 Å². The molecule has 3 aromatic rings. The average Bonchev–Trinajstić information content (AvgIpc) is 3.26. The highest BCUT2D eigenvalue weighted by Gasteiger charge is 2.42. The highest BCUT2D eigenvalue weighted by Crippen LogP contribution is 2.42. The molecule has 0 aliphatic heterocycles. The van der Waals surface area contributed by atoms with E-state index in [4.69, 9.17) is 0 Å². The standard InChI is InChI=1S/C60H86Br2N2Si2/c1-17-21-35-63(36-22-18-2)57-31-29-51(53(42-57)33-39-65(45(5)6,46(7)8)47(9)10)25-27-55-41-56(60(62)44-59(55)61)28-26-52-30-32-58(64(37-23-19-3)38-24-20-4)43-54(52)34-40-66(48(11)12,49(13)14)50(15)16/h29-32,41-50H,17-24,35-38H2,1-16H3. The molecule has 0 unspecified atom stereocenters. The van der Waals surface area contributed by atoms with Crippen molar-refractivity contribution in [3.05, 3.63) is 90.9 Å². The minimum Gasteiger partial charge on any atom is -0.372 e. The van der Waals surface area contributed by atoms with Crippen molar-refractivity contribution in [1.29, 1.82) is 0 Å². The minimum atomic E-state index is -1.98. The van der Waals surface area contributed by atoms with Crippen molar-refractivity contribution in [2.24, 2.45) is 0 Å². The van der Waals surface area contributed by atoms with E-state index in [2.05, 4.69) is 248 Å². The van der Waals surface area contributed by atoms with Crippen LogP contribution in [0.15, 0.2) is 57.5 Å². The molecule has 3 aromatic carbocycles. The van der Waals surface area contributed by atoms with Crippen LogP contribution >= 0.6 is 31.9 Å². The summed E-state index contributed by atoms with van der Waals surface area (Å²) in [5.41, 5.74) is 19.6. The molecule has 6 heteroatoms. The second kappa shape index (κ2) is 27.8. The smallest absolute Gasteiger partial charge is 0.146 e. The zero-order valence-corrected chi connectivity index (χ0v) is 49.4. The van der Waals surface area contributed by atoms with Gasteiger partial charge < -0.3 is 9.80 Å². The first-order valence-corrected chi connectivity index (χ1v) is 31.8. The van der Waals surface area contributed by atoms with Gasteiger partial charge in [0.05, 0.1) is 0 Å². The summed E-state index contributed by atoms with van der Waals surface area (Å²) >= 11 is 7.73. The molecular weight excluding hydrogens is 965 g/mol. The summed E-state index contributed by atoms with van der Waals surface area (Å²) in [6.07, 6.45) is 9.39. The molecule has 0 aliphatic carbocycles. The van der Waals surface area contributed by atoms with E-state index >= 15 is 0 Å². The lowest BCUT2D eigenvalue weighted by atomic mass is 10.0. The molecule has 0 fully saturated rings. The molecule has 0 N–H and O–H groups in total. The molecule has 0 aromatic heterocycles.